The fourth-order valence-electron chi connectivity index (χ4n) is 5.50. The first-order valence-corrected chi connectivity index (χ1v) is 14.7. The van der Waals surface area contributed by atoms with Crippen molar-refractivity contribution in [2.45, 2.75) is 46.1 Å². The Balaban J connectivity index is 1.27. The molecule has 9 nitrogen and oxygen atoms in total. The molecule has 0 bridgehead atoms. The molecule has 2 fully saturated rings. The molecule has 41 heavy (non-hydrogen) atoms. The van der Waals surface area contributed by atoms with E-state index >= 15 is 0 Å². The molecule has 0 aliphatic carbocycles. The van der Waals surface area contributed by atoms with E-state index in [0.717, 1.165) is 86.4 Å². The molecule has 10 heteroatoms. The number of amides is 1. The van der Waals surface area contributed by atoms with Crippen molar-refractivity contribution in [3.8, 4) is 11.3 Å². The third kappa shape index (κ3) is 6.93. The molecule has 2 aromatic heterocycles. The lowest BCUT2D eigenvalue weighted by atomic mass is 10.1. The number of halogens is 1. The number of aryl methyl sites for hydroxylation is 1. The van der Waals surface area contributed by atoms with Crippen LogP contribution < -0.4 is 20.0 Å². The van der Waals surface area contributed by atoms with Gasteiger partial charge in [0.25, 0.3) is 5.91 Å². The summed E-state index contributed by atoms with van der Waals surface area (Å²) < 4.78 is 18.9. The fraction of sp³-hybridized carbons (Fsp3) is 0.484. The predicted octanol–water partition coefficient (Wildman–Crippen LogP) is 4.46. The van der Waals surface area contributed by atoms with E-state index in [2.05, 4.69) is 31.9 Å². The second-order valence-electron chi connectivity index (χ2n) is 10.7. The minimum atomic E-state index is -0.261. The third-order valence-electron chi connectivity index (χ3n) is 7.82. The van der Waals surface area contributed by atoms with Crippen LogP contribution in [-0.4, -0.2) is 79.4 Å². The van der Waals surface area contributed by atoms with Crippen LogP contribution in [0.25, 0.3) is 11.3 Å². The van der Waals surface area contributed by atoms with Crippen molar-refractivity contribution >= 4 is 23.5 Å². The summed E-state index contributed by atoms with van der Waals surface area (Å²) in [5.74, 6) is 2.14. The topological polar surface area (TPSA) is 86.7 Å². The minimum absolute atomic E-state index is 0.114. The van der Waals surface area contributed by atoms with Gasteiger partial charge in [0.05, 0.1) is 11.3 Å². The highest BCUT2D eigenvalue weighted by Gasteiger charge is 2.26. The number of nitrogens with one attached hydrogen (secondary N) is 1. The number of benzene rings is 1. The Morgan fingerprint density at radius 1 is 1.07 bits per heavy atom. The lowest BCUT2D eigenvalue weighted by Crippen LogP contribution is -2.47. The zero-order valence-corrected chi connectivity index (χ0v) is 24.3. The molecule has 0 radical (unpaired) electrons. The van der Waals surface area contributed by atoms with E-state index in [4.69, 9.17) is 14.7 Å². The Morgan fingerprint density at radius 3 is 2.51 bits per heavy atom. The quantitative estimate of drug-likeness (QED) is 0.363. The number of ether oxygens (including phenoxy) is 1. The first-order valence-electron chi connectivity index (χ1n) is 14.7. The minimum Gasteiger partial charge on any atom is -0.382 e. The van der Waals surface area contributed by atoms with Gasteiger partial charge in [0.1, 0.15) is 17.5 Å². The summed E-state index contributed by atoms with van der Waals surface area (Å²) in [4.78, 5) is 34.0. The van der Waals surface area contributed by atoms with Gasteiger partial charge in [0, 0.05) is 76.4 Å². The first-order chi connectivity index (χ1) is 19.9. The number of aromatic nitrogens is 3. The van der Waals surface area contributed by atoms with Gasteiger partial charge in [-0.25, -0.2) is 14.4 Å². The van der Waals surface area contributed by atoms with Crippen LogP contribution in [0.4, 0.5) is 22.0 Å². The van der Waals surface area contributed by atoms with Gasteiger partial charge in [-0.1, -0.05) is 0 Å². The maximum absolute atomic E-state index is 13.6. The van der Waals surface area contributed by atoms with Crippen LogP contribution in [0, 0.1) is 12.7 Å². The van der Waals surface area contributed by atoms with E-state index in [9.17, 15) is 9.18 Å². The van der Waals surface area contributed by atoms with Gasteiger partial charge in [-0.05, 0) is 75.9 Å². The number of anilines is 3. The summed E-state index contributed by atoms with van der Waals surface area (Å²) in [6.07, 6.45) is 4.69. The highest BCUT2D eigenvalue weighted by atomic mass is 19.1. The summed E-state index contributed by atoms with van der Waals surface area (Å²) in [6, 6.07) is 10.8. The van der Waals surface area contributed by atoms with Gasteiger partial charge in [-0.3, -0.25) is 4.79 Å². The third-order valence-corrected chi connectivity index (χ3v) is 7.82. The number of piperazine rings is 1. The highest BCUT2D eigenvalue weighted by molar-refractivity contribution is 5.94. The predicted molar refractivity (Wildman–Crippen MR) is 160 cm³/mol. The van der Waals surface area contributed by atoms with E-state index < -0.39 is 0 Å². The van der Waals surface area contributed by atoms with Gasteiger partial charge < -0.3 is 24.8 Å². The average molecular weight is 562 g/mol. The molecule has 3 aromatic rings. The van der Waals surface area contributed by atoms with Crippen molar-refractivity contribution in [3.63, 3.8) is 0 Å². The van der Waals surface area contributed by atoms with Crippen LogP contribution in [0.1, 0.15) is 49.0 Å². The number of carbonyl (C=O) groups is 1. The smallest absolute Gasteiger partial charge is 0.252 e. The number of pyridine rings is 1. The van der Waals surface area contributed by atoms with Gasteiger partial charge >= 0.3 is 0 Å². The van der Waals surface area contributed by atoms with Crippen molar-refractivity contribution in [1.82, 2.24) is 20.3 Å². The second-order valence-corrected chi connectivity index (χ2v) is 10.7. The molecule has 4 heterocycles. The highest BCUT2D eigenvalue weighted by Crippen LogP contribution is 2.30. The normalized spacial score (nSPS) is 17.3. The van der Waals surface area contributed by atoms with E-state index in [1.54, 1.807) is 18.3 Å². The maximum atomic E-state index is 13.6. The van der Waals surface area contributed by atoms with Crippen molar-refractivity contribution in [2.75, 3.05) is 67.2 Å². The summed E-state index contributed by atoms with van der Waals surface area (Å²) >= 11 is 0. The van der Waals surface area contributed by atoms with E-state index in [1.807, 2.05) is 26.0 Å². The van der Waals surface area contributed by atoms with Crippen molar-refractivity contribution in [3.05, 3.63) is 59.5 Å². The molecule has 218 valence electrons. The van der Waals surface area contributed by atoms with Gasteiger partial charge in [-0.15, -0.1) is 0 Å². The number of rotatable bonds is 10. The molecule has 2 saturated heterocycles. The summed E-state index contributed by atoms with van der Waals surface area (Å²) in [6.45, 7) is 12.1. The summed E-state index contributed by atoms with van der Waals surface area (Å²) in [7, 11) is 0. The molecule has 1 amide bonds. The maximum Gasteiger partial charge on any atom is 0.252 e. The summed E-state index contributed by atoms with van der Waals surface area (Å²) in [5, 5.41) is 2.94. The molecular formula is C31H40FN7O2. The van der Waals surface area contributed by atoms with E-state index in [1.165, 1.54) is 12.1 Å². The molecular weight excluding hydrogens is 521 g/mol. The molecule has 0 spiro atoms. The largest absolute Gasteiger partial charge is 0.382 e. The van der Waals surface area contributed by atoms with Crippen molar-refractivity contribution in [1.29, 1.82) is 0 Å². The first kappa shape index (κ1) is 28.7. The van der Waals surface area contributed by atoms with E-state index in [-0.39, 0.29) is 11.7 Å². The SMILES string of the molecule is CCOCCCNC(=O)c1cnc(N2CCN(c3cc(-c4ccc(F)cc4)nc(N4CCCC4C)n3)CC2)c(C)c1. The summed E-state index contributed by atoms with van der Waals surface area (Å²) in [5.41, 5.74) is 3.22. The standard InChI is InChI=1S/C31H40FN7O2/c1-4-41-18-6-12-33-30(40)25-19-22(2)29(34-21-25)38-16-14-37(15-17-38)28-20-27(24-8-10-26(32)11-9-24)35-31(36-28)39-13-5-7-23(39)3/h8-11,19-21,23H,4-7,12-18H2,1-3H3,(H,33,40). The molecule has 2 aliphatic heterocycles. The molecule has 1 aromatic carbocycles. The molecule has 5 rings (SSSR count). The number of carbonyl (C=O) groups excluding carboxylic acids is 1. The van der Waals surface area contributed by atoms with Crippen LogP contribution >= 0.6 is 0 Å². The Labute approximate surface area is 241 Å². The fourth-order valence-corrected chi connectivity index (χ4v) is 5.50. The Bertz CT molecular complexity index is 1330. The van der Waals surface area contributed by atoms with Gasteiger partial charge in [-0.2, -0.15) is 4.98 Å². The average Bonchev–Trinajstić information content (AvgIpc) is 3.43. The van der Waals surface area contributed by atoms with Crippen LogP contribution in [0.2, 0.25) is 0 Å². The van der Waals surface area contributed by atoms with Crippen molar-refractivity contribution < 1.29 is 13.9 Å². The van der Waals surface area contributed by atoms with Gasteiger partial charge in [0.2, 0.25) is 5.95 Å². The van der Waals surface area contributed by atoms with E-state index in [0.29, 0.717) is 31.4 Å². The lowest BCUT2D eigenvalue weighted by molar-refractivity contribution is 0.0944. The number of hydrogen-bond acceptors (Lipinski definition) is 8. The number of hydrogen-bond donors (Lipinski definition) is 1. The molecule has 2 aliphatic rings. The molecule has 1 N–H and O–H groups in total. The lowest BCUT2D eigenvalue weighted by Gasteiger charge is -2.37. The van der Waals surface area contributed by atoms with Crippen LogP contribution in [0.15, 0.2) is 42.6 Å². The van der Waals surface area contributed by atoms with Crippen molar-refractivity contribution in [2.24, 2.45) is 0 Å². The monoisotopic (exact) mass is 561 g/mol. The Kier molecular flexibility index (Phi) is 9.28. The number of nitrogens with zero attached hydrogens (tertiary/aromatic N) is 6. The van der Waals surface area contributed by atoms with Crippen LogP contribution in [0.3, 0.4) is 0 Å². The van der Waals surface area contributed by atoms with Gasteiger partial charge in [0.15, 0.2) is 0 Å². The Hall–Kier alpha value is -3.79. The van der Waals surface area contributed by atoms with Crippen LogP contribution in [0.5, 0.6) is 0 Å². The zero-order chi connectivity index (χ0) is 28.8. The molecule has 0 saturated carbocycles. The molecule has 1 atom stereocenters. The second kappa shape index (κ2) is 13.2. The Morgan fingerprint density at radius 2 is 1.83 bits per heavy atom. The zero-order valence-electron chi connectivity index (χ0n) is 24.3. The van der Waals surface area contributed by atoms with Crippen LogP contribution in [-0.2, 0) is 4.74 Å². The molecule has 1 unspecified atom stereocenters.